The van der Waals surface area contributed by atoms with Crippen LogP contribution in [0.2, 0.25) is 0 Å². The molecule has 0 aromatic heterocycles. The fraction of sp³-hybridized carbons (Fsp3) is 0.200. The van der Waals surface area contributed by atoms with Crippen molar-refractivity contribution in [3.63, 3.8) is 0 Å². The first-order chi connectivity index (χ1) is 7.81. The third kappa shape index (κ3) is 2.24. The molecule has 0 radical (unpaired) electrons. The molecule has 2 aromatic carbocycles. The van der Waals surface area contributed by atoms with E-state index in [4.69, 9.17) is 6.42 Å². The molecule has 2 aromatic rings. The molecule has 16 heavy (non-hydrogen) atoms. The van der Waals surface area contributed by atoms with Gasteiger partial charge < -0.3 is 0 Å². The molecule has 0 bridgehead atoms. The molecule has 0 amide bonds. The molecule has 0 saturated carbocycles. The Morgan fingerprint density at radius 2 is 1.88 bits per heavy atom. The highest BCUT2D eigenvalue weighted by molar-refractivity contribution is 5.85. The lowest BCUT2D eigenvalue weighted by Crippen LogP contribution is -2.17. The van der Waals surface area contributed by atoms with Crippen LogP contribution in [0.15, 0.2) is 42.5 Å². The molecule has 0 heterocycles. The third-order valence-corrected chi connectivity index (χ3v) is 2.68. The van der Waals surface area contributed by atoms with Gasteiger partial charge in [0.2, 0.25) is 0 Å². The molecule has 2 rings (SSSR count). The van der Waals surface area contributed by atoms with Crippen LogP contribution in [0.5, 0.6) is 0 Å². The van der Waals surface area contributed by atoms with Gasteiger partial charge in [-0.05, 0) is 23.4 Å². The van der Waals surface area contributed by atoms with Gasteiger partial charge in [-0.2, -0.15) is 0 Å². The van der Waals surface area contributed by atoms with E-state index < -0.39 is 0 Å². The van der Waals surface area contributed by atoms with E-state index in [1.54, 1.807) is 0 Å². The summed E-state index contributed by atoms with van der Waals surface area (Å²) in [6.45, 7) is 1.58. The maximum absolute atomic E-state index is 5.30. The Morgan fingerprint density at radius 1 is 1.12 bits per heavy atom. The van der Waals surface area contributed by atoms with Crippen molar-refractivity contribution >= 4 is 10.8 Å². The molecule has 0 N–H and O–H groups in total. The van der Waals surface area contributed by atoms with E-state index in [0.29, 0.717) is 6.54 Å². The monoisotopic (exact) mass is 209 g/mol. The highest BCUT2D eigenvalue weighted by Crippen LogP contribution is 2.19. The van der Waals surface area contributed by atoms with Crippen molar-refractivity contribution < 1.29 is 0 Å². The van der Waals surface area contributed by atoms with Crippen molar-refractivity contribution in [2.75, 3.05) is 13.6 Å². The fourth-order valence-electron chi connectivity index (χ4n) is 1.93. The SMILES string of the molecule is C#CCN(C)Cc1cccc2ccccc12. The van der Waals surface area contributed by atoms with Crippen LogP contribution in [0.25, 0.3) is 10.8 Å². The van der Waals surface area contributed by atoms with Crippen LogP contribution >= 0.6 is 0 Å². The van der Waals surface area contributed by atoms with Crippen LogP contribution in [0, 0.1) is 12.3 Å². The van der Waals surface area contributed by atoms with Gasteiger partial charge in [-0.25, -0.2) is 0 Å². The van der Waals surface area contributed by atoms with E-state index in [1.165, 1.54) is 16.3 Å². The summed E-state index contributed by atoms with van der Waals surface area (Å²) in [6, 6.07) is 14.8. The Hall–Kier alpha value is -1.78. The lowest BCUT2D eigenvalue weighted by molar-refractivity contribution is 0.370. The molecule has 0 atom stereocenters. The number of hydrogen-bond donors (Lipinski definition) is 0. The van der Waals surface area contributed by atoms with Crippen molar-refractivity contribution in [1.29, 1.82) is 0 Å². The topological polar surface area (TPSA) is 3.24 Å². The van der Waals surface area contributed by atoms with Gasteiger partial charge in [-0.1, -0.05) is 48.4 Å². The number of fused-ring (bicyclic) bond motifs is 1. The Bertz CT molecular complexity index is 517. The summed E-state index contributed by atoms with van der Waals surface area (Å²) in [5.74, 6) is 2.66. The highest BCUT2D eigenvalue weighted by Gasteiger charge is 2.02. The van der Waals surface area contributed by atoms with Crippen molar-refractivity contribution in [2.24, 2.45) is 0 Å². The Balaban J connectivity index is 2.34. The zero-order chi connectivity index (χ0) is 11.4. The average Bonchev–Trinajstić information content (AvgIpc) is 2.30. The zero-order valence-electron chi connectivity index (χ0n) is 9.48. The lowest BCUT2D eigenvalue weighted by Gasteiger charge is -2.14. The van der Waals surface area contributed by atoms with Crippen LogP contribution in [0.1, 0.15) is 5.56 Å². The summed E-state index contributed by atoms with van der Waals surface area (Å²) >= 11 is 0. The molecular formula is C15H15N. The quantitative estimate of drug-likeness (QED) is 0.703. The minimum atomic E-state index is 0.684. The smallest absolute Gasteiger partial charge is 0.0599 e. The maximum atomic E-state index is 5.30. The van der Waals surface area contributed by atoms with Gasteiger partial charge in [-0.15, -0.1) is 6.42 Å². The number of rotatable bonds is 3. The van der Waals surface area contributed by atoms with Gasteiger partial charge in [0.15, 0.2) is 0 Å². The number of nitrogens with zero attached hydrogens (tertiary/aromatic N) is 1. The predicted molar refractivity (Wildman–Crippen MR) is 69.1 cm³/mol. The molecule has 80 valence electrons. The van der Waals surface area contributed by atoms with Crippen LogP contribution in [-0.4, -0.2) is 18.5 Å². The van der Waals surface area contributed by atoms with Gasteiger partial charge >= 0.3 is 0 Å². The van der Waals surface area contributed by atoms with Crippen molar-refractivity contribution in [3.8, 4) is 12.3 Å². The summed E-state index contributed by atoms with van der Waals surface area (Å²) in [6.07, 6.45) is 5.30. The molecular weight excluding hydrogens is 194 g/mol. The van der Waals surface area contributed by atoms with E-state index in [-0.39, 0.29) is 0 Å². The molecule has 0 aliphatic carbocycles. The summed E-state index contributed by atoms with van der Waals surface area (Å²) in [4.78, 5) is 2.14. The van der Waals surface area contributed by atoms with E-state index in [9.17, 15) is 0 Å². The predicted octanol–water partition coefficient (Wildman–Crippen LogP) is 2.90. The van der Waals surface area contributed by atoms with Crippen LogP contribution < -0.4 is 0 Å². The molecule has 1 heteroatoms. The average molecular weight is 209 g/mol. The first-order valence-electron chi connectivity index (χ1n) is 5.40. The fourth-order valence-corrected chi connectivity index (χ4v) is 1.93. The molecule has 0 aliphatic heterocycles. The Labute approximate surface area is 96.7 Å². The normalized spacial score (nSPS) is 10.6. The van der Waals surface area contributed by atoms with Gasteiger partial charge in [0.25, 0.3) is 0 Å². The lowest BCUT2D eigenvalue weighted by atomic mass is 10.0. The minimum Gasteiger partial charge on any atom is -0.291 e. The Morgan fingerprint density at radius 3 is 2.69 bits per heavy atom. The minimum absolute atomic E-state index is 0.684. The summed E-state index contributed by atoms with van der Waals surface area (Å²) in [5.41, 5.74) is 1.33. The third-order valence-electron chi connectivity index (χ3n) is 2.68. The van der Waals surface area contributed by atoms with Crippen LogP contribution in [0.3, 0.4) is 0 Å². The van der Waals surface area contributed by atoms with Gasteiger partial charge in [0.05, 0.1) is 6.54 Å². The molecule has 0 unspecified atom stereocenters. The summed E-state index contributed by atoms with van der Waals surface area (Å²) < 4.78 is 0. The second kappa shape index (κ2) is 4.83. The molecule has 1 nitrogen and oxygen atoms in total. The van der Waals surface area contributed by atoms with Gasteiger partial charge in [0.1, 0.15) is 0 Å². The van der Waals surface area contributed by atoms with E-state index >= 15 is 0 Å². The first-order valence-corrected chi connectivity index (χ1v) is 5.40. The second-order valence-corrected chi connectivity index (χ2v) is 4.01. The van der Waals surface area contributed by atoms with Crippen molar-refractivity contribution in [2.45, 2.75) is 6.54 Å². The van der Waals surface area contributed by atoms with E-state index in [0.717, 1.165) is 6.54 Å². The number of hydrogen-bond acceptors (Lipinski definition) is 1. The first kappa shape index (κ1) is 10.7. The second-order valence-electron chi connectivity index (χ2n) is 4.01. The zero-order valence-corrected chi connectivity index (χ0v) is 9.48. The summed E-state index contributed by atoms with van der Waals surface area (Å²) in [7, 11) is 2.04. The van der Waals surface area contributed by atoms with Crippen molar-refractivity contribution in [1.82, 2.24) is 4.90 Å². The number of benzene rings is 2. The van der Waals surface area contributed by atoms with Gasteiger partial charge in [-0.3, -0.25) is 4.90 Å². The summed E-state index contributed by atoms with van der Waals surface area (Å²) in [5, 5.41) is 2.60. The van der Waals surface area contributed by atoms with Crippen LogP contribution in [-0.2, 0) is 6.54 Å². The largest absolute Gasteiger partial charge is 0.291 e. The van der Waals surface area contributed by atoms with Crippen molar-refractivity contribution in [3.05, 3.63) is 48.0 Å². The maximum Gasteiger partial charge on any atom is 0.0599 e. The van der Waals surface area contributed by atoms with Gasteiger partial charge in [0, 0.05) is 6.54 Å². The number of terminal acetylenes is 1. The highest BCUT2D eigenvalue weighted by atomic mass is 15.1. The molecule has 0 aliphatic rings. The van der Waals surface area contributed by atoms with Crippen LogP contribution in [0.4, 0.5) is 0 Å². The van der Waals surface area contributed by atoms with E-state index in [2.05, 4.69) is 53.3 Å². The Kier molecular flexibility index (Phi) is 3.24. The van der Waals surface area contributed by atoms with E-state index in [1.807, 2.05) is 7.05 Å². The standard InChI is InChI=1S/C15H15N/c1-3-11-16(2)12-14-9-6-8-13-7-4-5-10-15(13)14/h1,4-10H,11-12H2,2H3. The molecule has 0 saturated heterocycles. The molecule has 0 spiro atoms. The molecule has 0 fully saturated rings.